The van der Waals surface area contributed by atoms with Crippen LogP contribution in [0.4, 0.5) is 0 Å². The maximum atomic E-state index is 13.5. The molecular formula is C52H74O10. The third-order valence-corrected chi connectivity index (χ3v) is 12.0. The number of carbonyl (C=O) groups excluding carboxylic acids is 4. The molecule has 0 heterocycles. The van der Waals surface area contributed by atoms with Crippen LogP contribution in [0.1, 0.15) is 164 Å². The van der Waals surface area contributed by atoms with E-state index in [1.807, 2.05) is 0 Å². The van der Waals surface area contributed by atoms with Gasteiger partial charge in [-0.15, -0.1) is 0 Å². The minimum atomic E-state index is -1.93. The number of rotatable bonds is 27. The Morgan fingerprint density at radius 2 is 0.887 bits per heavy atom. The Balaban J connectivity index is 1.32. The van der Waals surface area contributed by atoms with Gasteiger partial charge in [0.15, 0.2) is 0 Å². The lowest BCUT2D eigenvalue weighted by molar-refractivity contribution is -0.174. The van der Waals surface area contributed by atoms with Gasteiger partial charge in [0, 0.05) is 0 Å². The first-order valence-electron chi connectivity index (χ1n) is 23.8. The topological polar surface area (TPSA) is 124 Å². The molecule has 0 spiro atoms. The molecule has 0 radical (unpaired) electrons. The summed E-state index contributed by atoms with van der Waals surface area (Å²) in [5.74, 6) is 0.0636. The van der Waals surface area contributed by atoms with E-state index < -0.39 is 36.1 Å². The van der Waals surface area contributed by atoms with Gasteiger partial charge in [0.05, 0.1) is 24.3 Å². The van der Waals surface area contributed by atoms with Gasteiger partial charge >= 0.3 is 23.9 Å². The van der Waals surface area contributed by atoms with Gasteiger partial charge in [-0.1, -0.05) is 103 Å². The molecule has 10 nitrogen and oxygen atoms in total. The molecule has 0 aliphatic heterocycles. The fraction of sp³-hybridized carbons (Fsp3) is 0.615. The summed E-state index contributed by atoms with van der Waals surface area (Å²) in [5, 5.41) is 0. The van der Waals surface area contributed by atoms with Gasteiger partial charge in [-0.2, -0.15) is 0 Å². The predicted octanol–water partition coefficient (Wildman–Crippen LogP) is 12.0. The lowest BCUT2D eigenvalue weighted by Crippen LogP contribution is -2.47. The van der Waals surface area contributed by atoms with E-state index in [4.69, 9.17) is 28.4 Å². The maximum Gasteiger partial charge on any atom is 0.352 e. The molecule has 2 saturated carbocycles. The summed E-state index contributed by atoms with van der Waals surface area (Å²) in [6.07, 6.45) is 26.3. The Morgan fingerprint density at radius 1 is 0.516 bits per heavy atom. The van der Waals surface area contributed by atoms with E-state index >= 15 is 0 Å². The molecule has 4 rings (SSSR count). The molecule has 2 aliphatic rings. The Bertz CT molecular complexity index is 1530. The summed E-state index contributed by atoms with van der Waals surface area (Å²) in [4.78, 5) is 53.7. The van der Waals surface area contributed by atoms with Crippen molar-refractivity contribution >= 4 is 23.9 Å². The summed E-state index contributed by atoms with van der Waals surface area (Å²) < 4.78 is 33.7. The summed E-state index contributed by atoms with van der Waals surface area (Å²) in [6.45, 7) is 8.87. The second kappa shape index (κ2) is 28.9. The van der Waals surface area contributed by atoms with Crippen molar-refractivity contribution < 1.29 is 47.6 Å². The summed E-state index contributed by atoms with van der Waals surface area (Å²) in [5.41, 5.74) is 0.194. The van der Waals surface area contributed by atoms with Crippen LogP contribution in [0.2, 0.25) is 0 Å². The van der Waals surface area contributed by atoms with E-state index in [1.165, 1.54) is 127 Å². The highest BCUT2D eigenvalue weighted by atomic mass is 16.6. The van der Waals surface area contributed by atoms with Gasteiger partial charge in [0.1, 0.15) is 24.7 Å². The van der Waals surface area contributed by atoms with Crippen LogP contribution in [0.3, 0.4) is 0 Å². The molecule has 0 unspecified atom stereocenters. The zero-order valence-corrected chi connectivity index (χ0v) is 38.0. The molecule has 62 heavy (non-hydrogen) atoms. The Morgan fingerprint density at radius 3 is 1.23 bits per heavy atom. The highest BCUT2D eigenvalue weighted by Crippen LogP contribution is 2.34. The first-order chi connectivity index (χ1) is 30.2. The number of unbranched alkanes of at least 4 members (excludes halogenated alkanes) is 4. The third-order valence-electron chi connectivity index (χ3n) is 12.0. The highest BCUT2D eigenvalue weighted by Gasteiger charge is 2.43. The fourth-order valence-corrected chi connectivity index (χ4v) is 8.27. The van der Waals surface area contributed by atoms with E-state index in [1.54, 1.807) is 38.1 Å². The molecule has 0 aromatic heterocycles. The van der Waals surface area contributed by atoms with E-state index in [-0.39, 0.29) is 24.3 Å². The van der Waals surface area contributed by atoms with Gasteiger partial charge in [0.2, 0.25) is 12.2 Å². The second-order valence-electron chi connectivity index (χ2n) is 17.1. The van der Waals surface area contributed by atoms with Crippen molar-refractivity contribution in [3.05, 3.63) is 84.0 Å². The lowest BCUT2D eigenvalue weighted by Gasteiger charge is -2.26. The van der Waals surface area contributed by atoms with E-state index in [9.17, 15) is 19.2 Å². The van der Waals surface area contributed by atoms with Crippen molar-refractivity contribution in [3.8, 4) is 11.5 Å². The van der Waals surface area contributed by atoms with Gasteiger partial charge in [-0.3, -0.25) is 0 Å². The highest BCUT2D eigenvalue weighted by molar-refractivity contribution is 5.96. The number of hydrogen-bond donors (Lipinski definition) is 0. The fourth-order valence-electron chi connectivity index (χ4n) is 8.27. The van der Waals surface area contributed by atoms with Crippen LogP contribution >= 0.6 is 0 Å². The van der Waals surface area contributed by atoms with Crippen LogP contribution in [0, 0.1) is 23.7 Å². The van der Waals surface area contributed by atoms with Crippen molar-refractivity contribution in [2.45, 2.75) is 155 Å². The number of hydrogen-bond acceptors (Lipinski definition) is 10. The van der Waals surface area contributed by atoms with Crippen molar-refractivity contribution in [1.29, 1.82) is 0 Å². The standard InChI is InChI=1S/C52H74O10/c1-5-9-11-15-39-19-23-41(24-20-39)17-13-37-57-45-31-27-43(28-32-45)49(53)61-47(51(55)59-35-7-3)48(52(56)60-36-8-4)62-50(54)44-29-33-46(34-30-44)58-38-14-18-42-25-21-40(22-26-42)16-12-10-6-2/h13-14,17-18,27-34,39-42,47-48H,5-12,15-16,19-26,35-38H2,1-4H3/t39?,40?,41?,42?,47-,48-/m1/s1. The lowest BCUT2D eigenvalue weighted by atomic mass is 9.79. The van der Waals surface area contributed by atoms with Crippen molar-refractivity contribution in [2.75, 3.05) is 26.4 Å². The SMILES string of the molecule is CCCCCC1CCC(C=CCOc2ccc(C(=O)O[C@@H](C(=O)OCCC)[C@@H](OC(=O)c3ccc(OCC=CC4CCC(CCCCC)CC4)cc3)C(=O)OCCC)cc2)CC1. The van der Waals surface area contributed by atoms with Crippen molar-refractivity contribution in [2.24, 2.45) is 23.7 Å². The molecule has 0 bridgehead atoms. The number of benzene rings is 2. The summed E-state index contributed by atoms with van der Waals surface area (Å²) in [7, 11) is 0. The average molecular weight is 859 g/mol. The Labute approximate surface area is 371 Å². The summed E-state index contributed by atoms with van der Waals surface area (Å²) >= 11 is 0. The zero-order valence-electron chi connectivity index (χ0n) is 38.0. The molecule has 10 heteroatoms. The number of esters is 4. The van der Waals surface area contributed by atoms with Crippen LogP contribution in [-0.4, -0.2) is 62.5 Å². The molecular weight excluding hydrogens is 785 g/mol. The molecule has 0 saturated heterocycles. The van der Waals surface area contributed by atoms with Crippen LogP contribution < -0.4 is 9.47 Å². The van der Waals surface area contributed by atoms with Gasteiger partial charge in [0.25, 0.3) is 0 Å². The minimum absolute atomic E-state index is 0.00471. The van der Waals surface area contributed by atoms with E-state index in [0.717, 1.165) is 11.8 Å². The largest absolute Gasteiger partial charge is 0.490 e. The van der Waals surface area contributed by atoms with Crippen LogP contribution in [0.15, 0.2) is 72.8 Å². The Hall–Kier alpha value is -4.60. The van der Waals surface area contributed by atoms with Crippen molar-refractivity contribution in [1.82, 2.24) is 0 Å². The van der Waals surface area contributed by atoms with Crippen LogP contribution in [0.25, 0.3) is 0 Å². The normalized spacial score (nSPS) is 20.0. The maximum absolute atomic E-state index is 13.5. The monoisotopic (exact) mass is 859 g/mol. The second-order valence-corrected chi connectivity index (χ2v) is 17.1. The number of ether oxygens (including phenoxy) is 6. The van der Waals surface area contributed by atoms with Crippen LogP contribution in [-0.2, 0) is 28.5 Å². The number of allylic oxidation sites excluding steroid dienone is 2. The zero-order chi connectivity index (χ0) is 44.4. The van der Waals surface area contributed by atoms with Gasteiger partial charge in [-0.05, 0) is 136 Å². The molecule has 0 N–H and O–H groups in total. The smallest absolute Gasteiger partial charge is 0.352 e. The quantitative estimate of drug-likeness (QED) is 0.0371. The molecule has 2 aromatic carbocycles. The predicted molar refractivity (Wildman–Crippen MR) is 242 cm³/mol. The van der Waals surface area contributed by atoms with Crippen LogP contribution in [0.5, 0.6) is 11.5 Å². The third kappa shape index (κ3) is 18.0. The first-order valence-corrected chi connectivity index (χ1v) is 23.8. The molecule has 2 aromatic rings. The molecule has 342 valence electrons. The van der Waals surface area contributed by atoms with Gasteiger partial charge in [-0.25, -0.2) is 19.2 Å². The molecule has 2 fully saturated rings. The molecule has 2 aliphatic carbocycles. The minimum Gasteiger partial charge on any atom is -0.490 e. The average Bonchev–Trinajstić information content (AvgIpc) is 3.30. The van der Waals surface area contributed by atoms with Crippen molar-refractivity contribution in [3.63, 3.8) is 0 Å². The Kier molecular flexibility index (Phi) is 23.3. The first kappa shape index (κ1) is 50.0. The van der Waals surface area contributed by atoms with E-state index in [2.05, 4.69) is 38.2 Å². The number of carbonyl (C=O) groups is 4. The summed E-state index contributed by atoms with van der Waals surface area (Å²) in [6, 6.07) is 12.6. The van der Waals surface area contributed by atoms with E-state index in [0.29, 0.717) is 49.4 Å². The van der Waals surface area contributed by atoms with Gasteiger partial charge < -0.3 is 28.4 Å². The molecule has 2 atom stereocenters. The molecule has 0 amide bonds.